The molecule has 122 valence electrons. The lowest BCUT2D eigenvalue weighted by molar-refractivity contribution is 0.0952. The van der Waals surface area contributed by atoms with Crippen molar-refractivity contribution in [2.45, 2.75) is 31.8 Å². The molecule has 0 unspecified atom stereocenters. The molecule has 0 aliphatic carbocycles. The molecule has 0 saturated carbocycles. The fourth-order valence-electron chi connectivity index (χ4n) is 2.35. The zero-order chi connectivity index (χ0) is 17.0. The number of benzene rings is 1. The number of nitrogens with one attached hydrogen (secondary N) is 1. The SMILES string of the molecule is C#CCCC1(CCNC(=O)c2cccc(-c3nnc(C)o3)c2)N=N1. The van der Waals surface area contributed by atoms with Crippen LogP contribution in [0.4, 0.5) is 0 Å². The second-order valence-corrected chi connectivity index (χ2v) is 5.60. The summed E-state index contributed by atoms with van der Waals surface area (Å²) < 4.78 is 5.38. The second-order valence-electron chi connectivity index (χ2n) is 5.60. The van der Waals surface area contributed by atoms with Crippen molar-refractivity contribution >= 4 is 5.91 Å². The Morgan fingerprint density at radius 3 is 2.83 bits per heavy atom. The van der Waals surface area contributed by atoms with Crippen LogP contribution in [0.2, 0.25) is 0 Å². The van der Waals surface area contributed by atoms with Crippen LogP contribution in [0, 0.1) is 19.3 Å². The number of nitrogens with zero attached hydrogens (tertiary/aromatic N) is 4. The van der Waals surface area contributed by atoms with Crippen molar-refractivity contribution in [2.24, 2.45) is 10.2 Å². The molecular formula is C17H17N5O2. The number of rotatable bonds is 7. The largest absolute Gasteiger partial charge is 0.421 e. The zero-order valence-corrected chi connectivity index (χ0v) is 13.3. The number of carbonyl (C=O) groups excluding carboxylic acids is 1. The van der Waals surface area contributed by atoms with Gasteiger partial charge in [0.15, 0.2) is 5.66 Å². The molecule has 0 radical (unpaired) electrons. The number of amides is 1. The van der Waals surface area contributed by atoms with Crippen molar-refractivity contribution in [3.63, 3.8) is 0 Å². The van der Waals surface area contributed by atoms with E-state index in [1.54, 1.807) is 25.1 Å². The van der Waals surface area contributed by atoms with Crippen LogP contribution >= 0.6 is 0 Å². The lowest BCUT2D eigenvalue weighted by atomic mass is 10.0. The van der Waals surface area contributed by atoms with Crippen LogP contribution in [0.1, 0.15) is 35.5 Å². The summed E-state index contributed by atoms with van der Waals surface area (Å²) in [5.74, 6) is 3.29. The second kappa shape index (κ2) is 6.62. The van der Waals surface area contributed by atoms with Gasteiger partial charge in [-0.3, -0.25) is 4.79 Å². The average Bonchev–Trinajstić information content (AvgIpc) is 3.23. The molecule has 0 bridgehead atoms. The number of hydrogen-bond donors (Lipinski definition) is 1. The summed E-state index contributed by atoms with van der Waals surface area (Å²) in [6, 6.07) is 7.06. The summed E-state index contributed by atoms with van der Waals surface area (Å²) in [6.45, 7) is 2.21. The minimum Gasteiger partial charge on any atom is -0.421 e. The van der Waals surface area contributed by atoms with Gasteiger partial charge in [-0.05, 0) is 18.2 Å². The Balaban J connectivity index is 1.57. The fourth-order valence-corrected chi connectivity index (χ4v) is 2.35. The molecule has 0 atom stereocenters. The van der Waals surface area contributed by atoms with Gasteiger partial charge in [-0.25, -0.2) is 0 Å². The van der Waals surface area contributed by atoms with Gasteiger partial charge in [-0.15, -0.1) is 22.5 Å². The third-order valence-corrected chi connectivity index (χ3v) is 3.76. The summed E-state index contributed by atoms with van der Waals surface area (Å²) in [5.41, 5.74) is 0.856. The van der Waals surface area contributed by atoms with Gasteiger partial charge in [-0.2, -0.15) is 10.2 Å². The molecular weight excluding hydrogens is 306 g/mol. The highest BCUT2D eigenvalue weighted by atomic mass is 16.4. The fraction of sp³-hybridized carbons (Fsp3) is 0.353. The number of aromatic nitrogens is 2. The van der Waals surface area contributed by atoms with Gasteiger partial charge in [0.25, 0.3) is 5.91 Å². The van der Waals surface area contributed by atoms with E-state index >= 15 is 0 Å². The molecule has 0 saturated heterocycles. The Labute approximate surface area is 139 Å². The maximum atomic E-state index is 12.3. The van der Waals surface area contributed by atoms with Crippen LogP contribution in [0.25, 0.3) is 11.5 Å². The predicted molar refractivity (Wildman–Crippen MR) is 87.1 cm³/mol. The van der Waals surface area contributed by atoms with Crippen molar-refractivity contribution < 1.29 is 9.21 Å². The van der Waals surface area contributed by atoms with Gasteiger partial charge in [0.2, 0.25) is 11.8 Å². The summed E-state index contributed by atoms with van der Waals surface area (Å²) >= 11 is 0. The van der Waals surface area contributed by atoms with E-state index in [1.165, 1.54) is 0 Å². The minimum atomic E-state index is -0.386. The van der Waals surface area contributed by atoms with Crippen LogP contribution in [-0.4, -0.2) is 28.3 Å². The molecule has 1 aromatic heterocycles. The third-order valence-electron chi connectivity index (χ3n) is 3.76. The highest BCUT2D eigenvalue weighted by Crippen LogP contribution is 2.36. The first kappa shape index (κ1) is 15.9. The predicted octanol–water partition coefficient (Wildman–Crippen LogP) is 2.74. The Morgan fingerprint density at radius 1 is 1.33 bits per heavy atom. The van der Waals surface area contributed by atoms with Gasteiger partial charge in [0, 0.05) is 43.9 Å². The molecule has 1 aliphatic heterocycles. The van der Waals surface area contributed by atoms with E-state index in [1.807, 2.05) is 6.07 Å². The smallest absolute Gasteiger partial charge is 0.251 e. The molecule has 7 nitrogen and oxygen atoms in total. The van der Waals surface area contributed by atoms with Gasteiger partial charge < -0.3 is 9.73 Å². The Bertz CT molecular complexity index is 812. The molecule has 3 rings (SSSR count). The lowest BCUT2D eigenvalue weighted by Gasteiger charge is -2.10. The van der Waals surface area contributed by atoms with Crippen LogP contribution in [0.3, 0.4) is 0 Å². The molecule has 1 N–H and O–H groups in total. The molecule has 24 heavy (non-hydrogen) atoms. The summed E-state index contributed by atoms with van der Waals surface area (Å²) in [5, 5.41) is 18.7. The topological polar surface area (TPSA) is 92.7 Å². The maximum absolute atomic E-state index is 12.3. The molecule has 2 heterocycles. The van der Waals surface area contributed by atoms with E-state index in [9.17, 15) is 4.79 Å². The summed E-state index contributed by atoms with van der Waals surface area (Å²) in [6.07, 6.45) is 7.27. The summed E-state index contributed by atoms with van der Waals surface area (Å²) in [7, 11) is 0. The third kappa shape index (κ3) is 3.66. The average molecular weight is 323 g/mol. The van der Waals surface area contributed by atoms with Crippen molar-refractivity contribution in [3.05, 3.63) is 35.7 Å². The lowest BCUT2D eigenvalue weighted by Crippen LogP contribution is -2.28. The number of carbonyl (C=O) groups is 1. The van der Waals surface area contributed by atoms with E-state index in [0.717, 1.165) is 6.42 Å². The van der Waals surface area contributed by atoms with E-state index < -0.39 is 0 Å². The standard InChI is InChI=1S/C17H17N5O2/c1-3-4-8-17(21-22-17)9-10-18-15(23)13-6-5-7-14(11-13)16-20-19-12(2)24-16/h1,5-7,11H,4,8-10H2,2H3,(H,18,23). The van der Waals surface area contributed by atoms with Crippen molar-refractivity contribution in [3.8, 4) is 23.8 Å². The monoisotopic (exact) mass is 323 g/mol. The molecule has 1 aliphatic rings. The summed E-state index contributed by atoms with van der Waals surface area (Å²) in [4.78, 5) is 12.3. The van der Waals surface area contributed by atoms with E-state index in [-0.39, 0.29) is 11.6 Å². The number of hydrogen-bond acceptors (Lipinski definition) is 6. The first-order chi connectivity index (χ1) is 11.6. The highest BCUT2D eigenvalue weighted by molar-refractivity contribution is 5.95. The van der Waals surface area contributed by atoms with Crippen molar-refractivity contribution in [2.75, 3.05) is 6.54 Å². The minimum absolute atomic E-state index is 0.166. The quantitative estimate of drug-likeness (QED) is 0.793. The zero-order valence-electron chi connectivity index (χ0n) is 13.3. The van der Waals surface area contributed by atoms with Crippen LogP contribution in [-0.2, 0) is 0 Å². The highest BCUT2D eigenvalue weighted by Gasteiger charge is 2.38. The number of terminal acetylenes is 1. The first-order valence-electron chi connectivity index (χ1n) is 7.68. The molecule has 2 aromatic rings. The van der Waals surface area contributed by atoms with E-state index in [0.29, 0.717) is 42.3 Å². The van der Waals surface area contributed by atoms with Crippen LogP contribution < -0.4 is 5.32 Å². The van der Waals surface area contributed by atoms with Crippen molar-refractivity contribution in [1.82, 2.24) is 15.5 Å². The normalized spacial score (nSPS) is 14.2. The Hall–Kier alpha value is -3.01. The Morgan fingerprint density at radius 2 is 2.17 bits per heavy atom. The van der Waals surface area contributed by atoms with Gasteiger partial charge in [0.05, 0.1) is 0 Å². The van der Waals surface area contributed by atoms with E-state index in [2.05, 4.69) is 31.7 Å². The van der Waals surface area contributed by atoms with Crippen LogP contribution in [0.15, 0.2) is 38.9 Å². The molecule has 0 spiro atoms. The maximum Gasteiger partial charge on any atom is 0.251 e. The Kier molecular flexibility index (Phi) is 4.38. The van der Waals surface area contributed by atoms with E-state index in [4.69, 9.17) is 10.8 Å². The van der Waals surface area contributed by atoms with Gasteiger partial charge in [-0.1, -0.05) is 6.07 Å². The molecule has 0 fully saturated rings. The molecule has 7 heteroatoms. The number of aryl methyl sites for hydroxylation is 1. The van der Waals surface area contributed by atoms with Crippen molar-refractivity contribution in [1.29, 1.82) is 0 Å². The molecule has 1 amide bonds. The van der Waals surface area contributed by atoms with Crippen LogP contribution in [0.5, 0.6) is 0 Å². The molecule has 1 aromatic carbocycles. The van der Waals surface area contributed by atoms with Gasteiger partial charge in [0.1, 0.15) is 0 Å². The van der Waals surface area contributed by atoms with Gasteiger partial charge >= 0.3 is 0 Å². The first-order valence-corrected chi connectivity index (χ1v) is 7.68.